The maximum Gasteiger partial charge on any atom is 0.239 e. The summed E-state index contributed by atoms with van der Waals surface area (Å²) >= 11 is 1.90. The topological polar surface area (TPSA) is 26.8 Å². The Bertz CT molecular complexity index is 339. The zero-order valence-electron chi connectivity index (χ0n) is 14.6. The maximum absolute atomic E-state index is 12.8. The summed E-state index contributed by atoms with van der Waals surface area (Å²) in [4.78, 5) is 19.7. The Balaban J connectivity index is 1.78. The van der Waals surface area contributed by atoms with Crippen LogP contribution in [0.4, 0.5) is 0 Å². The Kier molecular flexibility index (Phi) is 7.51. The van der Waals surface area contributed by atoms with Gasteiger partial charge in [-0.3, -0.25) is 14.6 Å². The minimum Gasteiger partial charge on any atom is -0.339 e. The Labute approximate surface area is 140 Å². The molecule has 0 aromatic heterocycles. The highest BCUT2D eigenvalue weighted by atomic mass is 32.2. The van der Waals surface area contributed by atoms with E-state index in [0.29, 0.717) is 11.9 Å². The van der Waals surface area contributed by atoms with Crippen LogP contribution in [0.1, 0.15) is 39.0 Å². The number of likely N-dealkylation sites (N-methyl/N-ethyl adjacent to an activating group) is 1. The summed E-state index contributed by atoms with van der Waals surface area (Å²) in [6.45, 7) is 7.11. The second-order valence-corrected chi connectivity index (χ2v) is 7.78. The SMILES string of the molecule is CSCCN1CCN(C(=O)[C@H](C)N(C)C2CCCCC2)CC1. The Morgan fingerprint density at radius 1 is 1.18 bits per heavy atom. The van der Waals surface area contributed by atoms with E-state index < -0.39 is 0 Å². The molecule has 1 heterocycles. The van der Waals surface area contributed by atoms with Gasteiger partial charge in [0.25, 0.3) is 0 Å². The molecule has 128 valence electrons. The minimum absolute atomic E-state index is 0.0286. The maximum atomic E-state index is 12.8. The molecule has 1 aliphatic heterocycles. The van der Waals surface area contributed by atoms with E-state index in [0.717, 1.165) is 32.7 Å². The second kappa shape index (κ2) is 9.14. The van der Waals surface area contributed by atoms with Crippen LogP contribution >= 0.6 is 11.8 Å². The lowest BCUT2D eigenvalue weighted by atomic mass is 9.93. The number of amides is 1. The van der Waals surface area contributed by atoms with Crippen molar-refractivity contribution in [3.05, 3.63) is 0 Å². The van der Waals surface area contributed by atoms with Crippen molar-refractivity contribution in [1.82, 2.24) is 14.7 Å². The van der Waals surface area contributed by atoms with Crippen LogP contribution in [0.2, 0.25) is 0 Å². The van der Waals surface area contributed by atoms with Gasteiger partial charge in [-0.25, -0.2) is 0 Å². The van der Waals surface area contributed by atoms with Gasteiger partial charge < -0.3 is 4.90 Å². The quantitative estimate of drug-likeness (QED) is 0.747. The van der Waals surface area contributed by atoms with E-state index in [1.165, 1.54) is 37.9 Å². The van der Waals surface area contributed by atoms with Crippen LogP contribution in [0, 0.1) is 0 Å². The first-order valence-corrected chi connectivity index (χ1v) is 10.2. The van der Waals surface area contributed by atoms with Crippen molar-refractivity contribution in [2.75, 3.05) is 51.8 Å². The molecule has 2 fully saturated rings. The van der Waals surface area contributed by atoms with E-state index in [-0.39, 0.29) is 6.04 Å². The molecule has 2 rings (SSSR count). The third-order valence-electron chi connectivity index (χ3n) is 5.41. The first-order chi connectivity index (χ1) is 10.6. The van der Waals surface area contributed by atoms with Gasteiger partial charge in [0.05, 0.1) is 6.04 Å². The highest BCUT2D eigenvalue weighted by Gasteiger charge is 2.30. The minimum atomic E-state index is 0.0286. The van der Waals surface area contributed by atoms with Crippen molar-refractivity contribution in [2.45, 2.75) is 51.1 Å². The van der Waals surface area contributed by atoms with Crippen molar-refractivity contribution >= 4 is 17.7 Å². The van der Waals surface area contributed by atoms with E-state index in [1.807, 2.05) is 11.8 Å². The van der Waals surface area contributed by atoms with Gasteiger partial charge in [-0.15, -0.1) is 0 Å². The van der Waals surface area contributed by atoms with Crippen LogP contribution in [-0.4, -0.2) is 84.5 Å². The molecule has 0 unspecified atom stereocenters. The van der Waals surface area contributed by atoms with Gasteiger partial charge in [0.15, 0.2) is 0 Å². The van der Waals surface area contributed by atoms with Crippen LogP contribution in [0.25, 0.3) is 0 Å². The lowest BCUT2D eigenvalue weighted by Gasteiger charge is -2.40. The molecule has 0 spiro atoms. The molecule has 0 bridgehead atoms. The number of hydrogen-bond donors (Lipinski definition) is 0. The summed E-state index contributed by atoms with van der Waals surface area (Å²) in [6, 6.07) is 0.636. The average Bonchev–Trinajstić information content (AvgIpc) is 2.59. The first kappa shape index (κ1) is 18.1. The molecule has 1 atom stereocenters. The number of rotatable bonds is 6. The highest BCUT2D eigenvalue weighted by Crippen LogP contribution is 2.23. The molecule has 0 aromatic carbocycles. The average molecular weight is 328 g/mol. The molecule has 4 nitrogen and oxygen atoms in total. The Morgan fingerprint density at radius 2 is 1.82 bits per heavy atom. The smallest absolute Gasteiger partial charge is 0.239 e. The zero-order chi connectivity index (χ0) is 15.9. The summed E-state index contributed by atoms with van der Waals surface area (Å²) < 4.78 is 0. The van der Waals surface area contributed by atoms with Gasteiger partial charge in [0.1, 0.15) is 0 Å². The fraction of sp³-hybridized carbons (Fsp3) is 0.941. The van der Waals surface area contributed by atoms with Crippen molar-refractivity contribution in [3.8, 4) is 0 Å². The van der Waals surface area contributed by atoms with Gasteiger partial charge in [-0.1, -0.05) is 19.3 Å². The van der Waals surface area contributed by atoms with Crippen molar-refractivity contribution < 1.29 is 4.79 Å². The van der Waals surface area contributed by atoms with Gasteiger partial charge >= 0.3 is 0 Å². The van der Waals surface area contributed by atoms with Crippen molar-refractivity contribution in [2.24, 2.45) is 0 Å². The molecule has 1 saturated carbocycles. The number of carbonyl (C=O) groups is 1. The van der Waals surface area contributed by atoms with E-state index in [9.17, 15) is 4.79 Å². The van der Waals surface area contributed by atoms with Crippen molar-refractivity contribution in [1.29, 1.82) is 0 Å². The number of hydrogen-bond acceptors (Lipinski definition) is 4. The van der Waals surface area contributed by atoms with E-state index in [1.54, 1.807) is 0 Å². The number of piperazine rings is 1. The predicted molar refractivity (Wildman–Crippen MR) is 95.5 cm³/mol. The molecule has 1 saturated heterocycles. The summed E-state index contributed by atoms with van der Waals surface area (Å²) in [5, 5.41) is 0. The van der Waals surface area contributed by atoms with Crippen LogP contribution in [0.3, 0.4) is 0 Å². The van der Waals surface area contributed by atoms with E-state index in [2.05, 4.69) is 34.9 Å². The summed E-state index contributed by atoms with van der Waals surface area (Å²) in [6.07, 6.45) is 8.69. The molecule has 1 aliphatic carbocycles. The molecule has 0 aromatic rings. The van der Waals surface area contributed by atoms with Gasteiger partial charge in [-0.05, 0) is 33.1 Å². The largest absolute Gasteiger partial charge is 0.339 e. The summed E-state index contributed by atoms with van der Waals surface area (Å²) in [5.41, 5.74) is 0. The molecule has 1 amide bonds. The van der Waals surface area contributed by atoms with Crippen LogP contribution in [0.15, 0.2) is 0 Å². The van der Waals surface area contributed by atoms with Crippen molar-refractivity contribution in [3.63, 3.8) is 0 Å². The second-order valence-electron chi connectivity index (χ2n) is 6.79. The zero-order valence-corrected chi connectivity index (χ0v) is 15.4. The fourth-order valence-electron chi connectivity index (χ4n) is 3.66. The third kappa shape index (κ3) is 4.87. The normalized spacial score (nSPS) is 23.0. The lowest BCUT2D eigenvalue weighted by Crippen LogP contribution is -2.55. The Hall–Kier alpha value is -0.260. The predicted octanol–water partition coefficient (Wildman–Crippen LogP) is 2.15. The van der Waals surface area contributed by atoms with Crippen LogP contribution in [0.5, 0.6) is 0 Å². The molecule has 22 heavy (non-hydrogen) atoms. The number of carbonyl (C=O) groups excluding carboxylic acids is 1. The van der Waals surface area contributed by atoms with Gasteiger partial charge in [0.2, 0.25) is 5.91 Å². The van der Waals surface area contributed by atoms with Crippen LogP contribution < -0.4 is 0 Å². The molecular formula is C17H33N3OS. The number of nitrogens with zero attached hydrogens (tertiary/aromatic N) is 3. The molecule has 0 radical (unpaired) electrons. The molecule has 2 aliphatic rings. The lowest BCUT2D eigenvalue weighted by molar-refractivity contribution is -0.138. The molecule has 5 heteroatoms. The molecule has 0 N–H and O–H groups in total. The number of thioether (sulfide) groups is 1. The van der Waals surface area contributed by atoms with E-state index in [4.69, 9.17) is 0 Å². The Morgan fingerprint density at radius 3 is 2.41 bits per heavy atom. The van der Waals surface area contributed by atoms with Gasteiger partial charge in [-0.2, -0.15) is 11.8 Å². The van der Waals surface area contributed by atoms with Crippen LogP contribution in [-0.2, 0) is 4.79 Å². The molecular weight excluding hydrogens is 294 g/mol. The standard InChI is InChI=1S/C17H33N3OS/c1-15(18(2)16-7-5-4-6-8-16)17(21)20-11-9-19(10-12-20)13-14-22-3/h15-16H,4-14H2,1-3H3/t15-/m0/s1. The first-order valence-electron chi connectivity index (χ1n) is 8.85. The van der Waals surface area contributed by atoms with E-state index >= 15 is 0 Å². The summed E-state index contributed by atoms with van der Waals surface area (Å²) in [7, 11) is 2.15. The fourth-order valence-corrected chi connectivity index (χ4v) is 4.10. The third-order valence-corrected chi connectivity index (χ3v) is 6.01. The van der Waals surface area contributed by atoms with Gasteiger partial charge in [0, 0.05) is 44.5 Å². The highest BCUT2D eigenvalue weighted by molar-refractivity contribution is 7.98. The summed E-state index contributed by atoms with van der Waals surface area (Å²) in [5.74, 6) is 1.52. The monoisotopic (exact) mass is 327 g/mol.